The number of nitrogens with one attached hydrogen (secondary N) is 1. The number of nitrogens with zero attached hydrogens (tertiary/aromatic N) is 2. The van der Waals surface area contributed by atoms with Gasteiger partial charge in [-0.25, -0.2) is 0 Å². The zero-order chi connectivity index (χ0) is 23.2. The highest BCUT2D eigenvalue weighted by atomic mass is 16.5. The average molecular weight is 450 g/mol. The van der Waals surface area contributed by atoms with Gasteiger partial charge >= 0.3 is 0 Å². The maximum absolute atomic E-state index is 13.6. The first kappa shape index (κ1) is 23.3. The summed E-state index contributed by atoms with van der Waals surface area (Å²) in [7, 11) is 1.59. The van der Waals surface area contributed by atoms with E-state index in [1.165, 1.54) is 25.7 Å². The molecule has 4 rings (SSSR count). The zero-order valence-corrected chi connectivity index (χ0v) is 19.7. The standard InChI is InChI=1S/C27H35N3O3/c1-20-8-12-23(13-9-20)29-16-18-30(19-17-29)27(32)25(21-6-4-3-5-7-21)28-26(31)22-10-14-24(33-2)15-11-22/h3-7,10-11,14-15,20,23,25H,8-9,12-13,16-19H2,1-2H3,(H,28,31)/t20?,23?,25-/m1/s1. The van der Waals surface area contributed by atoms with Gasteiger partial charge in [-0.2, -0.15) is 0 Å². The summed E-state index contributed by atoms with van der Waals surface area (Å²) in [6.45, 7) is 5.55. The summed E-state index contributed by atoms with van der Waals surface area (Å²) < 4.78 is 5.18. The molecule has 0 unspecified atom stereocenters. The zero-order valence-electron chi connectivity index (χ0n) is 19.7. The van der Waals surface area contributed by atoms with Crippen molar-refractivity contribution in [3.63, 3.8) is 0 Å². The second-order valence-corrected chi connectivity index (χ2v) is 9.32. The third-order valence-corrected chi connectivity index (χ3v) is 7.14. The molecule has 1 heterocycles. The van der Waals surface area contributed by atoms with E-state index in [4.69, 9.17) is 4.74 Å². The lowest BCUT2D eigenvalue weighted by Crippen LogP contribution is -2.54. The van der Waals surface area contributed by atoms with Crippen LogP contribution >= 0.6 is 0 Å². The minimum atomic E-state index is -0.706. The molecule has 2 aromatic carbocycles. The van der Waals surface area contributed by atoms with Gasteiger partial charge in [-0.05, 0) is 61.4 Å². The molecular formula is C27H35N3O3. The molecule has 0 spiro atoms. The summed E-state index contributed by atoms with van der Waals surface area (Å²) in [5, 5.41) is 2.98. The molecular weight excluding hydrogens is 414 g/mol. The predicted octanol–water partition coefficient (Wildman–Crippen LogP) is 3.89. The van der Waals surface area contributed by atoms with Crippen LogP contribution in [0.5, 0.6) is 5.75 Å². The fourth-order valence-electron chi connectivity index (χ4n) is 4.99. The molecule has 0 bridgehead atoms. The van der Waals surface area contributed by atoms with Crippen LogP contribution in [-0.2, 0) is 4.79 Å². The molecule has 0 radical (unpaired) electrons. The van der Waals surface area contributed by atoms with Crippen LogP contribution in [0.2, 0.25) is 0 Å². The van der Waals surface area contributed by atoms with Gasteiger partial charge in [0.25, 0.3) is 5.91 Å². The molecule has 1 saturated carbocycles. The molecule has 2 aliphatic rings. The number of carbonyl (C=O) groups excluding carboxylic acids is 2. The van der Waals surface area contributed by atoms with Crippen molar-refractivity contribution in [1.82, 2.24) is 15.1 Å². The summed E-state index contributed by atoms with van der Waals surface area (Å²) in [6.07, 6.45) is 5.13. The molecule has 2 aromatic rings. The van der Waals surface area contributed by atoms with Gasteiger partial charge in [0, 0.05) is 37.8 Å². The van der Waals surface area contributed by atoms with E-state index in [1.807, 2.05) is 35.2 Å². The number of piperazine rings is 1. The Labute approximate surface area is 196 Å². The Kier molecular flexibility index (Phi) is 7.65. The number of rotatable bonds is 6. The molecule has 176 valence electrons. The maximum Gasteiger partial charge on any atom is 0.252 e. The van der Waals surface area contributed by atoms with E-state index in [9.17, 15) is 9.59 Å². The first-order valence-corrected chi connectivity index (χ1v) is 12.1. The van der Waals surface area contributed by atoms with Gasteiger partial charge in [-0.15, -0.1) is 0 Å². The van der Waals surface area contributed by atoms with Crippen LogP contribution in [-0.4, -0.2) is 60.9 Å². The first-order valence-electron chi connectivity index (χ1n) is 12.1. The Morgan fingerprint density at radius 1 is 0.909 bits per heavy atom. The normalized spacial score (nSPS) is 22.4. The summed E-state index contributed by atoms with van der Waals surface area (Å²) in [4.78, 5) is 31.0. The maximum atomic E-state index is 13.6. The van der Waals surface area contributed by atoms with Crippen LogP contribution in [0.3, 0.4) is 0 Å². The van der Waals surface area contributed by atoms with E-state index < -0.39 is 6.04 Å². The Morgan fingerprint density at radius 3 is 2.15 bits per heavy atom. The summed E-state index contributed by atoms with van der Waals surface area (Å²) in [6, 6.07) is 16.4. The van der Waals surface area contributed by atoms with Crippen LogP contribution in [0.25, 0.3) is 0 Å². The van der Waals surface area contributed by atoms with Crippen molar-refractivity contribution in [2.75, 3.05) is 33.3 Å². The molecule has 2 fully saturated rings. The second-order valence-electron chi connectivity index (χ2n) is 9.32. The van der Waals surface area contributed by atoms with Crippen molar-refractivity contribution in [3.8, 4) is 5.75 Å². The monoisotopic (exact) mass is 449 g/mol. The average Bonchev–Trinajstić information content (AvgIpc) is 2.88. The molecule has 0 aromatic heterocycles. The highest BCUT2D eigenvalue weighted by Gasteiger charge is 2.32. The highest BCUT2D eigenvalue weighted by Crippen LogP contribution is 2.28. The third-order valence-electron chi connectivity index (χ3n) is 7.14. The van der Waals surface area contributed by atoms with E-state index >= 15 is 0 Å². The van der Waals surface area contributed by atoms with E-state index in [0.29, 0.717) is 30.4 Å². The molecule has 1 atom stereocenters. The molecule has 1 N–H and O–H groups in total. The lowest BCUT2D eigenvalue weighted by atomic mass is 9.86. The van der Waals surface area contributed by atoms with Gasteiger partial charge < -0.3 is 15.0 Å². The van der Waals surface area contributed by atoms with Gasteiger partial charge in [0.1, 0.15) is 11.8 Å². The molecule has 6 nitrogen and oxygen atoms in total. The van der Waals surface area contributed by atoms with Gasteiger partial charge in [-0.3, -0.25) is 14.5 Å². The predicted molar refractivity (Wildman–Crippen MR) is 129 cm³/mol. The third kappa shape index (κ3) is 5.74. The quantitative estimate of drug-likeness (QED) is 0.727. The van der Waals surface area contributed by atoms with Gasteiger partial charge in [0.15, 0.2) is 0 Å². The topological polar surface area (TPSA) is 61.9 Å². The van der Waals surface area contributed by atoms with E-state index in [1.54, 1.807) is 31.4 Å². The molecule has 33 heavy (non-hydrogen) atoms. The molecule has 6 heteroatoms. The number of amides is 2. The first-order chi connectivity index (χ1) is 16.0. The van der Waals surface area contributed by atoms with Crippen LogP contribution in [0, 0.1) is 5.92 Å². The lowest BCUT2D eigenvalue weighted by Gasteiger charge is -2.42. The number of benzene rings is 2. The summed E-state index contributed by atoms with van der Waals surface area (Å²) >= 11 is 0. The fourth-order valence-corrected chi connectivity index (χ4v) is 4.99. The van der Waals surface area contributed by atoms with Gasteiger partial charge in [0.2, 0.25) is 5.91 Å². The Morgan fingerprint density at radius 2 is 1.55 bits per heavy atom. The minimum absolute atomic E-state index is 0.0417. The highest BCUT2D eigenvalue weighted by molar-refractivity contribution is 5.98. The molecule has 1 aliphatic carbocycles. The SMILES string of the molecule is COc1ccc(C(=O)N[C@@H](C(=O)N2CCN(C3CCC(C)CC3)CC2)c2ccccc2)cc1. The number of ether oxygens (including phenoxy) is 1. The van der Waals surface area contributed by atoms with E-state index in [2.05, 4.69) is 17.1 Å². The van der Waals surface area contributed by atoms with Crippen LogP contribution in [0.15, 0.2) is 54.6 Å². The summed E-state index contributed by atoms with van der Waals surface area (Å²) in [5.74, 6) is 1.22. The van der Waals surface area contributed by atoms with Crippen molar-refractivity contribution < 1.29 is 14.3 Å². The Bertz CT molecular complexity index is 915. The summed E-state index contributed by atoms with van der Waals surface area (Å²) in [5.41, 5.74) is 1.30. The van der Waals surface area contributed by atoms with Gasteiger partial charge in [0.05, 0.1) is 7.11 Å². The van der Waals surface area contributed by atoms with Crippen molar-refractivity contribution in [1.29, 1.82) is 0 Å². The smallest absolute Gasteiger partial charge is 0.252 e. The molecule has 1 aliphatic heterocycles. The van der Waals surface area contributed by atoms with Gasteiger partial charge in [-0.1, -0.05) is 37.3 Å². The van der Waals surface area contributed by atoms with Crippen molar-refractivity contribution >= 4 is 11.8 Å². The van der Waals surface area contributed by atoms with Crippen LogP contribution in [0.4, 0.5) is 0 Å². The largest absolute Gasteiger partial charge is 0.497 e. The van der Waals surface area contributed by atoms with E-state index in [-0.39, 0.29) is 11.8 Å². The van der Waals surface area contributed by atoms with Crippen LogP contribution < -0.4 is 10.1 Å². The van der Waals surface area contributed by atoms with Crippen molar-refractivity contribution in [3.05, 3.63) is 65.7 Å². The number of hydrogen-bond acceptors (Lipinski definition) is 4. The van der Waals surface area contributed by atoms with Crippen LogP contribution in [0.1, 0.15) is 54.6 Å². The van der Waals surface area contributed by atoms with E-state index in [0.717, 1.165) is 24.6 Å². The minimum Gasteiger partial charge on any atom is -0.497 e. The number of methoxy groups -OCH3 is 1. The fraction of sp³-hybridized carbons (Fsp3) is 0.481. The molecule has 2 amide bonds. The number of carbonyl (C=O) groups is 2. The van der Waals surface area contributed by atoms with Crippen molar-refractivity contribution in [2.45, 2.75) is 44.7 Å². The number of hydrogen-bond donors (Lipinski definition) is 1. The molecule has 1 saturated heterocycles. The Balaban J connectivity index is 1.42. The van der Waals surface area contributed by atoms with Crippen molar-refractivity contribution in [2.24, 2.45) is 5.92 Å². The second kappa shape index (κ2) is 10.8. The lowest BCUT2D eigenvalue weighted by molar-refractivity contribution is -0.135. The Hall–Kier alpha value is -2.86.